The molecule has 0 fully saturated rings. The summed E-state index contributed by atoms with van der Waals surface area (Å²) in [6.07, 6.45) is 6.32. The minimum Gasteiger partial charge on any atom is -0.312 e. The predicted molar refractivity (Wildman–Crippen MR) is 106 cm³/mol. The Morgan fingerprint density at radius 3 is 1.61 bits per heavy atom. The van der Waals surface area contributed by atoms with Crippen LogP contribution in [0.4, 0.5) is 0 Å². The Kier molecular flexibility index (Phi) is 8.82. The standard InChI is InChI=1S/C21H46N2/c1-18(2,3)12-11-16-23-21(9,10)14-13-20(7,8)15-17-22-19(4,5)6/h22-23H,11-17H2,1-10H3. The molecular formula is C21H46N2. The summed E-state index contributed by atoms with van der Waals surface area (Å²) >= 11 is 0. The van der Waals surface area contributed by atoms with Gasteiger partial charge in [-0.2, -0.15) is 0 Å². The fourth-order valence-corrected chi connectivity index (χ4v) is 2.69. The molecule has 0 aliphatic heterocycles. The van der Waals surface area contributed by atoms with Crippen molar-refractivity contribution in [1.82, 2.24) is 10.6 Å². The van der Waals surface area contributed by atoms with Gasteiger partial charge in [-0.25, -0.2) is 0 Å². The van der Waals surface area contributed by atoms with E-state index in [-0.39, 0.29) is 11.1 Å². The van der Waals surface area contributed by atoms with Crippen LogP contribution in [0.1, 0.15) is 101 Å². The summed E-state index contributed by atoms with van der Waals surface area (Å²) in [5.41, 5.74) is 1.33. The third-order valence-electron chi connectivity index (χ3n) is 4.59. The highest BCUT2D eigenvalue weighted by Gasteiger charge is 2.24. The molecule has 2 heteroatoms. The van der Waals surface area contributed by atoms with E-state index in [0.29, 0.717) is 10.8 Å². The molecule has 0 amide bonds. The molecule has 0 atom stereocenters. The Labute approximate surface area is 147 Å². The topological polar surface area (TPSA) is 24.1 Å². The molecule has 0 aliphatic rings. The highest BCUT2D eigenvalue weighted by atomic mass is 15.0. The van der Waals surface area contributed by atoms with Gasteiger partial charge in [0.2, 0.25) is 0 Å². The maximum Gasteiger partial charge on any atom is 0.0125 e. The fraction of sp³-hybridized carbons (Fsp3) is 1.00. The minimum atomic E-state index is 0.226. The van der Waals surface area contributed by atoms with Gasteiger partial charge in [0, 0.05) is 11.1 Å². The van der Waals surface area contributed by atoms with E-state index in [1.165, 1.54) is 32.1 Å². The van der Waals surface area contributed by atoms with Crippen molar-refractivity contribution in [3.8, 4) is 0 Å². The molecule has 0 bridgehead atoms. The van der Waals surface area contributed by atoms with Gasteiger partial charge in [-0.3, -0.25) is 0 Å². The minimum absolute atomic E-state index is 0.226. The Morgan fingerprint density at radius 1 is 0.565 bits per heavy atom. The SMILES string of the molecule is CC(C)(C)CCCNC(C)(C)CCC(C)(C)CCNC(C)(C)C. The van der Waals surface area contributed by atoms with Crippen LogP contribution in [0, 0.1) is 10.8 Å². The molecule has 0 spiro atoms. The highest BCUT2D eigenvalue weighted by molar-refractivity contribution is 4.82. The van der Waals surface area contributed by atoms with Gasteiger partial charge in [0.25, 0.3) is 0 Å². The second-order valence-electron chi connectivity index (χ2n) is 11.1. The Balaban J connectivity index is 4.05. The van der Waals surface area contributed by atoms with Crippen LogP contribution in [0.15, 0.2) is 0 Å². The van der Waals surface area contributed by atoms with Crippen molar-refractivity contribution < 1.29 is 0 Å². The van der Waals surface area contributed by atoms with Crippen molar-refractivity contribution in [3.05, 3.63) is 0 Å². The molecule has 23 heavy (non-hydrogen) atoms. The van der Waals surface area contributed by atoms with E-state index in [1.807, 2.05) is 0 Å². The molecule has 0 aromatic rings. The van der Waals surface area contributed by atoms with Gasteiger partial charge in [-0.15, -0.1) is 0 Å². The summed E-state index contributed by atoms with van der Waals surface area (Å²) in [5, 5.41) is 7.38. The maximum absolute atomic E-state index is 3.77. The van der Waals surface area contributed by atoms with Crippen molar-refractivity contribution in [2.45, 2.75) is 112 Å². The van der Waals surface area contributed by atoms with E-state index < -0.39 is 0 Å². The van der Waals surface area contributed by atoms with E-state index in [0.717, 1.165) is 13.1 Å². The van der Waals surface area contributed by atoms with Crippen LogP contribution in [0.5, 0.6) is 0 Å². The monoisotopic (exact) mass is 326 g/mol. The van der Waals surface area contributed by atoms with E-state index in [9.17, 15) is 0 Å². The molecule has 140 valence electrons. The summed E-state index contributed by atoms with van der Waals surface area (Å²) in [6.45, 7) is 25.5. The van der Waals surface area contributed by atoms with Crippen molar-refractivity contribution >= 4 is 0 Å². The zero-order valence-corrected chi connectivity index (χ0v) is 17.9. The summed E-state index contributed by atoms with van der Waals surface area (Å²) < 4.78 is 0. The average Bonchev–Trinajstić information content (AvgIpc) is 2.30. The smallest absolute Gasteiger partial charge is 0.0125 e. The number of hydrogen-bond acceptors (Lipinski definition) is 2. The third kappa shape index (κ3) is 15.2. The van der Waals surface area contributed by atoms with Gasteiger partial charge in [0.15, 0.2) is 0 Å². The summed E-state index contributed by atoms with van der Waals surface area (Å²) in [7, 11) is 0. The van der Waals surface area contributed by atoms with Crippen LogP contribution in [-0.4, -0.2) is 24.2 Å². The lowest BCUT2D eigenvalue weighted by atomic mass is 9.80. The van der Waals surface area contributed by atoms with E-state index in [1.54, 1.807) is 0 Å². The van der Waals surface area contributed by atoms with Crippen LogP contribution < -0.4 is 10.6 Å². The second-order valence-corrected chi connectivity index (χ2v) is 11.1. The number of nitrogens with one attached hydrogen (secondary N) is 2. The molecule has 0 heterocycles. The summed E-state index contributed by atoms with van der Waals surface area (Å²) in [4.78, 5) is 0. The normalized spacial score (nSPS) is 14.3. The van der Waals surface area contributed by atoms with Crippen LogP contribution in [-0.2, 0) is 0 Å². The Bertz CT molecular complexity index is 316. The average molecular weight is 327 g/mol. The fourth-order valence-electron chi connectivity index (χ4n) is 2.69. The van der Waals surface area contributed by atoms with Crippen molar-refractivity contribution in [2.24, 2.45) is 10.8 Å². The number of hydrogen-bond donors (Lipinski definition) is 2. The predicted octanol–water partition coefficient (Wildman–Crippen LogP) is 5.77. The zero-order valence-electron chi connectivity index (χ0n) is 17.9. The van der Waals surface area contributed by atoms with Crippen molar-refractivity contribution in [3.63, 3.8) is 0 Å². The molecule has 0 aromatic heterocycles. The zero-order chi connectivity index (χ0) is 18.4. The van der Waals surface area contributed by atoms with Gasteiger partial charge in [0.05, 0.1) is 0 Å². The lowest BCUT2D eigenvalue weighted by Gasteiger charge is -2.33. The molecule has 0 radical (unpaired) electrons. The van der Waals surface area contributed by atoms with E-state index in [4.69, 9.17) is 0 Å². The highest BCUT2D eigenvalue weighted by Crippen LogP contribution is 2.30. The third-order valence-corrected chi connectivity index (χ3v) is 4.59. The van der Waals surface area contributed by atoms with E-state index >= 15 is 0 Å². The van der Waals surface area contributed by atoms with Crippen LogP contribution in [0.2, 0.25) is 0 Å². The van der Waals surface area contributed by atoms with Crippen molar-refractivity contribution in [2.75, 3.05) is 13.1 Å². The Hall–Kier alpha value is -0.0800. The summed E-state index contributed by atoms with van der Waals surface area (Å²) in [6, 6.07) is 0. The van der Waals surface area contributed by atoms with Crippen molar-refractivity contribution in [1.29, 1.82) is 0 Å². The molecule has 0 aliphatic carbocycles. The molecule has 2 N–H and O–H groups in total. The molecule has 0 aromatic carbocycles. The lowest BCUT2D eigenvalue weighted by Crippen LogP contribution is -2.41. The first kappa shape index (κ1) is 22.9. The summed E-state index contributed by atoms with van der Waals surface area (Å²) in [5.74, 6) is 0. The molecule has 0 unspecified atom stereocenters. The van der Waals surface area contributed by atoms with Gasteiger partial charge < -0.3 is 10.6 Å². The largest absolute Gasteiger partial charge is 0.312 e. The van der Waals surface area contributed by atoms with Crippen LogP contribution >= 0.6 is 0 Å². The molecule has 2 nitrogen and oxygen atoms in total. The number of rotatable bonds is 10. The van der Waals surface area contributed by atoms with E-state index in [2.05, 4.69) is 79.9 Å². The second kappa shape index (κ2) is 8.85. The maximum atomic E-state index is 3.77. The van der Waals surface area contributed by atoms with Gasteiger partial charge in [-0.05, 0) is 90.6 Å². The van der Waals surface area contributed by atoms with Gasteiger partial charge in [-0.1, -0.05) is 34.6 Å². The first-order valence-corrected chi connectivity index (χ1v) is 9.62. The molecular weight excluding hydrogens is 280 g/mol. The van der Waals surface area contributed by atoms with Crippen LogP contribution in [0.25, 0.3) is 0 Å². The molecule has 0 rings (SSSR count). The first-order valence-electron chi connectivity index (χ1n) is 9.62. The quantitative estimate of drug-likeness (QED) is 0.498. The lowest BCUT2D eigenvalue weighted by molar-refractivity contribution is 0.234. The van der Waals surface area contributed by atoms with Gasteiger partial charge >= 0.3 is 0 Å². The molecule has 0 saturated carbocycles. The van der Waals surface area contributed by atoms with Crippen LogP contribution in [0.3, 0.4) is 0 Å². The Morgan fingerprint density at radius 2 is 1.13 bits per heavy atom. The molecule has 0 saturated heterocycles. The van der Waals surface area contributed by atoms with Gasteiger partial charge in [0.1, 0.15) is 0 Å². The first-order chi connectivity index (χ1) is 10.1.